The average molecular weight is 582 g/mol. The summed E-state index contributed by atoms with van der Waals surface area (Å²) in [6.45, 7) is 3.96. The van der Waals surface area contributed by atoms with Gasteiger partial charge in [0, 0.05) is 0 Å². The van der Waals surface area contributed by atoms with Crippen molar-refractivity contribution in [1.82, 2.24) is 5.32 Å². The molecule has 0 bridgehead atoms. The molecule has 6 nitrogen and oxygen atoms in total. The highest BCUT2D eigenvalue weighted by molar-refractivity contribution is 5.80. The second-order valence-electron chi connectivity index (χ2n) is 11.8. The highest BCUT2D eigenvalue weighted by atomic mass is 16.3. The van der Waals surface area contributed by atoms with Crippen LogP contribution in [0.4, 0.5) is 0 Å². The highest BCUT2D eigenvalue weighted by Crippen LogP contribution is 2.13. The number of amides is 1. The molecular formula is C35H67NO5. The standard InChI is InChI=1S/C35H67NO5/c1-3-5-7-9-11-13-14-15-16-17-18-19-21-23-25-27-29-33(39)35(41)36-31(30-37)34(40)32(38)28-26-24-22-20-12-10-8-6-4-2/h15-16,20,22,31-34,37-40H,3-14,17-19,21,23-30H2,1-2H3,(H,36,41)/b16-15-,22-20+. The molecule has 0 aliphatic carbocycles. The molecule has 0 aromatic rings. The van der Waals surface area contributed by atoms with Gasteiger partial charge in [-0.25, -0.2) is 0 Å². The zero-order valence-corrected chi connectivity index (χ0v) is 26.8. The fraction of sp³-hybridized carbons (Fsp3) is 0.857. The van der Waals surface area contributed by atoms with Gasteiger partial charge >= 0.3 is 0 Å². The molecular weight excluding hydrogens is 514 g/mol. The first kappa shape index (κ1) is 39.8. The molecule has 242 valence electrons. The third-order valence-corrected chi connectivity index (χ3v) is 7.88. The molecule has 0 aliphatic rings. The van der Waals surface area contributed by atoms with Crippen LogP contribution in [0.1, 0.15) is 162 Å². The first-order chi connectivity index (χ1) is 20.0. The molecule has 5 N–H and O–H groups in total. The van der Waals surface area contributed by atoms with Crippen molar-refractivity contribution in [1.29, 1.82) is 0 Å². The Bertz CT molecular complexity index is 624. The summed E-state index contributed by atoms with van der Waals surface area (Å²) in [6.07, 6.45) is 30.6. The second-order valence-corrected chi connectivity index (χ2v) is 11.8. The van der Waals surface area contributed by atoms with Crippen LogP contribution in [-0.4, -0.2) is 57.3 Å². The van der Waals surface area contributed by atoms with Crippen molar-refractivity contribution in [2.45, 2.75) is 186 Å². The average Bonchev–Trinajstić information content (AvgIpc) is 2.98. The molecule has 4 unspecified atom stereocenters. The van der Waals surface area contributed by atoms with Crippen LogP contribution in [0.25, 0.3) is 0 Å². The lowest BCUT2D eigenvalue weighted by Gasteiger charge is -2.27. The Hall–Kier alpha value is -1.21. The Morgan fingerprint density at radius 3 is 1.49 bits per heavy atom. The molecule has 0 aromatic heterocycles. The largest absolute Gasteiger partial charge is 0.394 e. The molecule has 0 rings (SSSR count). The smallest absolute Gasteiger partial charge is 0.249 e. The van der Waals surface area contributed by atoms with Crippen molar-refractivity contribution in [3.8, 4) is 0 Å². The number of nitrogens with one attached hydrogen (secondary N) is 1. The molecule has 0 saturated heterocycles. The molecule has 0 fully saturated rings. The van der Waals surface area contributed by atoms with E-state index in [0.717, 1.165) is 38.5 Å². The summed E-state index contributed by atoms with van der Waals surface area (Å²) < 4.78 is 0. The third-order valence-electron chi connectivity index (χ3n) is 7.88. The maximum absolute atomic E-state index is 12.4. The van der Waals surface area contributed by atoms with E-state index < -0.39 is 36.9 Å². The summed E-state index contributed by atoms with van der Waals surface area (Å²) in [6, 6.07) is -0.999. The summed E-state index contributed by atoms with van der Waals surface area (Å²) in [7, 11) is 0. The number of hydrogen-bond donors (Lipinski definition) is 5. The number of allylic oxidation sites excluding steroid dienone is 4. The van der Waals surface area contributed by atoms with E-state index in [0.29, 0.717) is 19.3 Å². The fourth-order valence-electron chi connectivity index (χ4n) is 5.04. The maximum atomic E-state index is 12.4. The van der Waals surface area contributed by atoms with Crippen LogP contribution < -0.4 is 5.32 Å². The van der Waals surface area contributed by atoms with Crippen LogP contribution in [0, 0.1) is 0 Å². The molecule has 4 atom stereocenters. The van der Waals surface area contributed by atoms with E-state index in [4.69, 9.17) is 0 Å². The van der Waals surface area contributed by atoms with Crippen molar-refractivity contribution < 1.29 is 25.2 Å². The van der Waals surface area contributed by atoms with Gasteiger partial charge in [-0.1, -0.05) is 122 Å². The summed E-state index contributed by atoms with van der Waals surface area (Å²) in [5.74, 6) is -0.603. The summed E-state index contributed by atoms with van der Waals surface area (Å²) >= 11 is 0. The minimum absolute atomic E-state index is 0.356. The number of rotatable bonds is 30. The van der Waals surface area contributed by atoms with Crippen LogP contribution in [0.2, 0.25) is 0 Å². The summed E-state index contributed by atoms with van der Waals surface area (Å²) in [5.41, 5.74) is 0. The maximum Gasteiger partial charge on any atom is 0.249 e. The van der Waals surface area contributed by atoms with E-state index in [9.17, 15) is 25.2 Å². The number of hydrogen-bond acceptors (Lipinski definition) is 5. The number of unbranched alkanes of at least 4 members (excludes halogenated alkanes) is 17. The van der Waals surface area contributed by atoms with Gasteiger partial charge in [-0.2, -0.15) is 0 Å². The van der Waals surface area contributed by atoms with E-state index in [-0.39, 0.29) is 0 Å². The Kier molecular flexibility index (Phi) is 29.4. The predicted molar refractivity (Wildman–Crippen MR) is 173 cm³/mol. The van der Waals surface area contributed by atoms with E-state index in [2.05, 4.69) is 43.5 Å². The van der Waals surface area contributed by atoms with Gasteiger partial charge in [-0.15, -0.1) is 0 Å². The lowest BCUT2D eigenvalue weighted by atomic mass is 10.00. The molecule has 0 heterocycles. The lowest BCUT2D eigenvalue weighted by Crippen LogP contribution is -2.53. The van der Waals surface area contributed by atoms with Gasteiger partial charge in [0.25, 0.3) is 0 Å². The van der Waals surface area contributed by atoms with Gasteiger partial charge in [-0.05, 0) is 64.2 Å². The number of carbonyl (C=O) groups is 1. The van der Waals surface area contributed by atoms with Gasteiger partial charge in [0.15, 0.2) is 0 Å². The Morgan fingerprint density at radius 2 is 1.00 bits per heavy atom. The van der Waals surface area contributed by atoms with Gasteiger partial charge in [0.2, 0.25) is 5.91 Å². The third kappa shape index (κ3) is 25.0. The SMILES string of the molecule is CCCCCC/C=C/CCCC(O)C(O)C(CO)NC(=O)C(O)CCCCCCCC/C=C\CCCCCCCC. The number of aliphatic hydroxyl groups excluding tert-OH is 4. The van der Waals surface area contributed by atoms with Crippen LogP contribution in [0.5, 0.6) is 0 Å². The number of aliphatic hydroxyl groups is 4. The second kappa shape index (κ2) is 30.3. The molecule has 6 heteroatoms. The minimum Gasteiger partial charge on any atom is -0.394 e. The van der Waals surface area contributed by atoms with Crippen molar-refractivity contribution in [2.75, 3.05) is 6.61 Å². The molecule has 1 amide bonds. The molecule has 0 aromatic carbocycles. The first-order valence-corrected chi connectivity index (χ1v) is 17.2. The minimum atomic E-state index is -1.28. The normalized spacial score (nSPS) is 15.0. The fourth-order valence-corrected chi connectivity index (χ4v) is 5.04. The Labute approximate surface area is 253 Å². The zero-order valence-electron chi connectivity index (χ0n) is 26.8. The van der Waals surface area contributed by atoms with Gasteiger partial charge in [0.1, 0.15) is 12.2 Å². The lowest BCUT2D eigenvalue weighted by molar-refractivity contribution is -0.132. The first-order valence-electron chi connectivity index (χ1n) is 17.2. The number of carbonyl (C=O) groups excluding carboxylic acids is 1. The van der Waals surface area contributed by atoms with Crippen molar-refractivity contribution in [2.24, 2.45) is 0 Å². The van der Waals surface area contributed by atoms with Crippen LogP contribution >= 0.6 is 0 Å². The zero-order chi connectivity index (χ0) is 30.4. The molecule has 41 heavy (non-hydrogen) atoms. The molecule has 0 radical (unpaired) electrons. The van der Waals surface area contributed by atoms with E-state index >= 15 is 0 Å². The summed E-state index contributed by atoms with van der Waals surface area (Å²) in [5, 5.41) is 43.2. The predicted octanol–water partition coefficient (Wildman–Crippen LogP) is 7.67. The van der Waals surface area contributed by atoms with Gasteiger partial charge in [0.05, 0.1) is 18.8 Å². The summed E-state index contributed by atoms with van der Waals surface area (Å²) in [4.78, 5) is 12.4. The van der Waals surface area contributed by atoms with Crippen LogP contribution in [-0.2, 0) is 4.79 Å². The molecule has 0 aliphatic heterocycles. The Balaban J connectivity index is 3.87. The topological polar surface area (TPSA) is 110 Å². The highest BCUT2D eigenvalue weighted by Gasteiger charge is 2.28. The van der Waals surface area contributed by atoms with Gasteiger partial charge in [-0.3, -0.25) is 4.79 Å². The van der Waals surface area contributed by atoms with E-state index in [1.165, 1.54) is 89.9 Å². The van der Waals surface area contributed by atoms with Crippen molar-refractivity contribution in [3.63, 3.8) is 0 Å². The van der Waals surface area contributed by atoms with E-state index in [1.807, 2.05) is 0 Å². The van der Waals surface area contributed by atoms with Gasteiger partial charge < -0.3 is 25.7 Å². The van der Waals surface area contributed by atoms with Crippen LogP contribution in [0.3, 0.4) is 0 Å². The van der Waals surface area contributed by atoms with Crippen molar-refractivity contribution in [3.05, 3.63) is 24.3 Å². The molecule has 0 spiro atoms. The quantitative estimate of drug-likeness (QED) is 0.0442. The van der Waals surface area contributed by atoms with Crippen molar-refractivity contribution >= 4 is 5.91 Å². The molecule has 0 saturated carbocycles. The monoisotopic (exact) mass is 582 g/mol. The van der Waals surface area contributed by atoms with Crippen LogP contribution in [0.15, 0.2) is 24.3 Å². The van der Waals surface area contributed by atoms with E-state index in [1.54, 1.807) is 0 Å². The Morgan fingerprint density at radius 1 is 0.585 bits per heavy atom.